The highest BCUT2D eigenvalue weighted by molar-refractivity contribution is 5.71. The second-order valence-electron chi connectivity index (χ2n) is 4.39. The smallest absolute Gasteiger partial charge is 0.315 e. The number of fused-ring (bicyclic) bond motifs is 1. The third kappa shape index (κ3) is 2.96. The number of hydrogen-bond donors (Lipinski definition) is 0. The van der Waals surface area contributed by atoms with Crippen LogP contribution >= 0.6 is 0 Å². The summed E-state index contributed by atoms with van der Waals surface area (Å²) < 4.78 is 21.2. The average Bonchev–Trinajstić information content (AvgIpc) is 2.95. The summed E-state index contributed by atoms with van der Waals surface area (Å²) in [7, 11) is 0. The fourth-order valence-electron chi connectivity index (χ4n) is 1.95. The number of rotatable bonds is 4. The van der Waals surface area contributed by atoms with Gasteiger partial charge < -0.3 is 18.7 Å². The zero-order valence-electron chi connectivity index (χ0n) is 11.4. The molecule has 0 saturated carbocycles. The second kappa shape index (κ2) is 5.82. The standard InChI is InChI=1S/C14H14N2O5/c1-2-18-13(17)7-12-15-14(16-21-12)11-8-19-9-5-3-4-6-10(9)20-11/h3-6,11H,2,7-8H2,1H3. The molecule has 7 heteroatoms. The molecule has 21 heavy (non-hydrogen) atoms. The zero-order chi connectivity index (χ0) is 14.7. The number of nitrogens with zero attached hydrogens (tertiary/aromatic N) is 2. The third-order valence-electron chi connectivity index (χ3n) is 2.88. The number of hydrogen-bond acceptors (Lipinski definition) is 7. The van der Waals surface area contributed by atoms with Crippen molar-refractivity contribution in [1.29, 1.82) is 0 Å². The van der Waals surface area contributed by atoms with Gasteiger partial charge in [0, 0.05) is 0 Å². The van der Waals surface area contributed by atoms with Gasteiger partial charge in [0.15, 0.2) is 17.6 Å². The van der Waals surface area contributed by atoms with Crippen LogP contribution in [-0.2, 0) is 16.0 Å². The highest BCUT2D eigenvalue weighted by atomic mass is 16.6. The van der Waals surface area contributed by atoms with E-state index >= 15 is 0 Å². The van der Waals surface area contributed by atoms with Gasteiger partial charge in [-0.1, -0.05) is 17.3 Å². The van der Waals surface area contributed by atoms with Gasteiger partial charge in [-0.3, -0.25) is 4.79 Å². The van der Waals surface area contributed by atoms with Gasteiger partial charge in [-0.2, -0.15) is 4.98 Å². The Hall–Kier alpha value is -2.57. The van der Waals surface area contributed by atoms with E-state index in [4.69, 9.17) is 18.7 Å². The van der Waals surface area contributed by atoms with Crippen molar-refractivity contribution in [2.45, 2.75) is 19.4 Å². The summed E-state index contributed by atoms with van der Waals surface area (Å²) in [5.74, 6) is 1.46. The van der Waals surface area contributed by atoms with Crippen LogP contribution in [0.4, 0.5) is 0 Å². The van der Waals surface area contributed by atoms with E-state index < -0.39 is 12.1 Å². The van der Waals surface area contributed by atoms with E-state index in [0.717, 1.165) is 0 Å². The van der Waals surface area contributed by atoms with Crippen LogP contribution in [0.15, 0.2) is 28.8 Å². The number of esters is 1. The molecular weight excluding hydrogens is 276 g/mol. The van der Waals surface area contributed by atoms with Gasteiger partial charge in [-0.05, 0) is 19.1 Å². The predicted molar refractivity (Wildman–Crippen MR) is 69.9 cm³/mol. The molecule has 0 fully saturated rings. The Morgan fingerprint density at radius 2 is 2.19 bits per heavy atom. The molecule has 0 N–H and O–H groups in total. The lowest BCUT2D eigenvalue weighted by Gasteiger charge is -2.24. The van der Waals surface area contributed by atoms with E-state index in [-0.39, 0.29) is 18.9 Å². The monoisotopic (exact) mass is 290 g/mol. The summed E-state index contributed by atoms with van der Waals surface area (Å²) in [6.45, 7) is 2.34. The Morgan fingerprint density at radius 3 is 3.00 bits per heavy atom. The Bertz CT molecular complexity index is 640. The molecule has 110 valence electrons. The molecular formula is C14H14N2O5. The van der Waals surface area contributed by atoms with Gasteiger partial charge >= 0.3 is 5.97 Å². The Kier molecular flexibility index (Phi) is 3.72. The van der Waals surface area contributed by atoms with Gasteiger partial charge in [0.1, 0.15) is 13.0 Å². The quantitative estimate of drug-likeness (QED) is 0.792. The van der Waals surface area contributed by atoms with Crippen LogP contribution in [0, 0.1) is 0 Å². The average molecular weight is 290 g/mol. The van der Waals surface area contributed by atoms with Gasteiger partial charge in [-0.15, -0.1) is 0 Å². The van der Waals surface area contributed by atoms with E-state index in [9.17, 15) is 4.79 Å². The number of carbonyl (C=O) groups excluding carboxylic acids is 1. The zero-order valence-corrected chi connectivity index (χ0v) is 11.4. The van der Waals surface area contributed by atoms with E-state index in [1.54, 1.807) is 13.0 Å². The first-order valence-electron chi connectivity index (χ1n) is 6.63. The molecule has 0 spiro atoms. The van der Waals surface area contributed by atoms with Crippen molar-refractivity contribution in [3.05, 3.63) is 36.0 Å². The molecule has 0 saturated heterocycles. The summed E-state index contributed by atoms with van der Waals surface area (Å²) in [6, 6.07) is 7.36. The molecule has 2 aromatic rings. The first-order chi connectivity index (χ1) is 10.3. The highest BCUT2D eigenvalue weighted by Crippen LogP contribution is 2.34. The molecule has 1 aromatic carbocycles. The molecule has 0 aliphatic carbocycles. The SMILES string of the molecule is CCOC(=O)Cc1nc(C2COc3ccccc3O2)no1. The molecule has 3 rings (SSSR count). The van der Waals surface area contributed by atoms with Crippen molar-refractivity contribution in [3.8, 4) is 11.5 Å². The molecule has 1 atom stereocenters. The topological polar surface area (TPSA) is 83.7 Å². The van der Waals surface area contributed by atoms with Gasteiger partial charge in [0.25, 0.3) is 0 Å². The van der Waals surface area contributed by atoms with Crippen molar-refractivity contribution in [1.82, 2.24) is 10.1 Å². The molecule has 7 nitrogen and oxygen atoms in total. The fourth-order valence-corrected chi connectivity index (χ4v) is 1.95. The summed E-state index contributed by atoms with van der Waals surface area (Å²) in [6.07, 6.45) is -0.509. The van der Waals surface area contributed by atoms with Gasteiger partial charge in [-0.25, -0.2) is 0 Å². The molecule has 1 aliphatic heterocycles. The van der Waals surface area contributed by atoms with Crippen molar-refractivity contribution in [2.75, 3.05) is 13.2 Å². The van der Waals surface area contributed by atoms with E-state index in [1.165, 1.54) is 0 Å². The van der Waals surface area contributed by atoms with Crippen LogP contribution < -0.4 is 9.47 Å². The van der Waals surface area contributed by atoms with Crippen LogP contribution in [0.3, 0.4) is 0 Å². The number of aromatic nitrogens is 2. The van der Waals surface area contributed by atoms with Crippen LogP contribution in [-0.4, -0.2) is 29.3 Å². The van der Waals surface area contributed by atoms with Crippen molar-refractivity contribution >= 4 is 5.97 Å². The lowest BCUT2D eigenvalue weighted by Crippen LogP contribution is -2.22. The third-order valence-corrected chi connectivity index (χ3v) is 2.88. The summed E-state index contributed by atoms with van der Waals surface area (Å²) in [5, 5.41) is 3.83. The minimum absolute atomic E-state index is 0.0506. The number of ether oxygens (including phenoxy) is 3. The minimum Gasteiger partial charge on any atom is -0.485 e. The maximum atomic E-state index is 11.4. The number of benzene rings is 1. The lowest BCUT2D eigenvalue weighted by atomic mass is 10.2. The van der Waals surface area contributed by atoms with Gasteiger partial charge in [0.2, 0.25) is 11.7 Å². The Balaban J connectivity index is 1.69. The molecule has 1 unspecified atom stereocenters. The summed E-state index contributed by atoms with van der Waals surface area (Å²) >= 11 is 0. The minimum atomic E-state index is -0.459. The molecule has 1 aromatic heterocycles. The van der Waals surface area contributed by atoms with E-state index in [0.29, 0.717) is 23.9 Å². The largest absolute Gasteiger partial charge is 0.485 e. The highest BCUT2D eigenvalue weighted by Gasteiger charge is 2.27. The molecule has 2 heterocycles. The number of para-hydroxylation sites is 2. The Morgan fingerprint density at radius 1 is 1.38 bits per heavy atom. The van der Waals surface area contributed by atoms with Gasteiger partial charge in [0.05, 0.1) is 6.61 Å². The van der Waals surface area contributed by atoms with Crippen LogP contribution in [0.5, 0.6) is 11.5 Å². The second-order valence-corrected chi connectivity index (χ2v) is 4.39. The van der Waals surface area contributed by atoms with Crippen molar-refractivity contribution < 1.29 is 23.5 Å². The molecule has 1 aliphatic rings. The molecule has 0 amide bonds. The lowest BCUT2D eigenvalue weighted by molar-refractivity contribution is -0.142. The summed E-state index contributed by atoms with van der Waals surface area (Å²) in [5.41, 5.74) is 0. The number of carbonyl (C=O) groups is 1. The maximum Gasteiger partial charge on any atom is 0.315 e. The Labute approximate surface area is 120 Å². The molecule has 0 bridgehead atoms. The molecule has 0 radical (unpaired) electrons. The van der Waals surface area contributed by atoms with Crippen molar-refractivity contribution in [3.63, 3.8) is 0 Å². The maximum absolute atomic E-state index is 11.4. The van der Waals surface area contributed by atoms with Crippen LogP contribution in [0.25, 0.3) is 0 Å². The predicted octanol–water partition coefficient (Wildman–Crippen LogP) is 1.69. The van der Waals surface area contributed by atoms with Crippen LogP contribution in [0.1, 0.15) is 24.7 Å². The first kappa shape index (κ1) is 13.4. The first-order valence-corrected chi connectivity index (χ1v) is 6.63. The van der Waals surface area contributed by atoms with E-state index in [1.807, 2.05) is 18.2 Å². The fraction of sp³-hybridized carbons (Fsp3) is 0.357. The van der Waals surface area contributed by atoms with Crippen molar-refractivity contribution in [2.24, 2.45) is 0 Å². The van der Waals surface area contributed by atoms with Crippen LogP contribution in [0.2, 0.25) is 0 Å². The normalized spacial score (nSPS) is 16.5. The van der Waals surface area contributed by atoms with E-state index in [2.05, 4.69) is 10.1 Å². The summed E-state index contributed by atoms with van der Waals surface area (Å²) in [4.78, 5) is 15.5.